The lowest BCUT2D eigenvalue weighted by atomic mass is 9.92. The summed E-state index contributed by atoms with van der Waals surface area (Å²) in [7, 11) is 9.80. The zero-order valence-electron chi connectivity index (χ0n) is 56.8. The van der Waals surface area contributed by atoms with E-state index in [2.05, 4.69) is 21.3 Å². The van der Waals surface area contributed by atoms with Gasteiger partial charge < -0.3 is 55.6 Å². The van der Waals surface area contributed by atoms with Crippen LogP contribution in [0, 0.1) is 47.3 Å². The van der Waals surface area contributed by atoms with Crippen LogP contribution in [0.15, 0.2) is 12.2 Å². The average molecular weight is 1210 g/mol. The van der Waals surface area contributed by atoms with Gasteiger partial charge in [-0.1, -0.05) is 116 Å². The van der Waals surface area contributed by atoms with Crippen LogP contribution in [0.2, 0.25) is 0 Å². The Balaban J connectivity index is 4.37. The van der Waals surface area contributed by atoms with E-state index in [-0.39, 0.29) is 55.8 Å². The first kappa shape index (κ1) is 77.6. The second kappa shape index (κ2) is 34.8. The number of rotatable bonds is 15. The summed E-state index contributed by atoms with van der Waals surface area (Å²) in [6.07, 6.45) is 4.28. The number of carbonyl (C=O) groups excluding carboxylic acids is 12. The number of nitrogens with one attached hydrogen (secondary N) is 4. The Bertz CT molecular complexity index is 2410. The summed E-state index contributed by atoms with van der Waals surface area (Å²) >= 11 is 0. The molecular weight excluding hydrogens is 1100 g/mol. The number of nitrogens with zero attached hydrogens (tertiary/aromatic N) is 7. The first-order chi connectivity index (χ1) is 39.6. The lowest BCUT2D eigenvalue weighted by Crippen LogP contribution is -2.63. The monoisotopic (exact) mass is 1210 g/mol. The molecule has 1 rings (SSSR count). The second-order valence-corrected chi connectivity index (χ2v) is 26.6. The topological polar surface area (TPSA) is 276 Å². The predicted octanol–water partition coefficient (Wildman–Crippen LogP) is 3.72. The summed E-state index contributed by atoms with van der Waals surface area (Å²) in [4.78, 5) is 183. The fourth-order valence-corrected chi connectivity index (χ4v) is 10.7. The van der Waals surface area contributed by atoms with Gasteiger partial charge in [-0.05, 0) is 94.3 Å². The lowest BCUT2D eigenvalue weighted by Gasteiger charge is -2.41. The molecule has 23 heteroatoms. The molecular formula is C63H111N11O12. The van der Waals surface area contributed by atoms with Gasteiger partial charge in [-0.15, -0.1) is 0 Å². The zero-order chi connectivity index (χ0) is 66.8. The Hall–Kier alpha value is -6.42. The van der Waals surface area contributed by atoms with E-state index in [1.807, 2.05) is 55.4 Å². The molecule has 0 aromatic rings. The number of amides is 11. The van der Waals surface area contributed by atoms with Crippen LogP contribution < -0.4 is 21.3 Å². The van der Waals surface area contributed by atoms with Gasteiger partial charge >= 0.3 is 0 Å². The minimum Gasteiger partial charge on any atom is -0.343 e. The molecule has 490 valence electrons. The van der Waals surface area contributed by atoms with E-state index in [4.69, 9.17) is 0 Å². The minimum atomic E-state index is -1.82. The fraction of sp³-hybridized carbons (Fsp3) is 0.778. The van der Waals surface area contributed by atoms with E-state index >= 15 is 9.59 Å². The first-order valence-corrected chi connectivity index (χ1v) is 30.8. The molecule has 1 saturated heterocycles. The van der Waals surface area contributed by atoms with Gasteiger partial charge in [-0.2, -0.15) is 0 Å². The van der Waals surface area contributed by atoms with E-state index in [0.717, 1.165) is 9.80 Å². The molecule has 0 saturated carbocycles. The highest BCUT2D eigenvalue weighted by Gasteiger charge is 2.46. The van der Waals surface area contributed by atoms with Crippen LogP contribution in [0.1, 0.15) is 157 Å². The SMILES string of the molecule is C/C=C/CC(C)C(=O)C1C(=O)NC(C(C)C)C(=O)N(C)CC(=O)N(C)C(CC(C)C)C(=O)NC(C(C)C)C(=O)N(C)C(CC(C)C)C(=O)NC(C)C(=O)NC(C)C(=O)N(C)C(CC(C)C)C(=O)N(C)C(CC(C)C)C(=O)N(C)C(C(C)C)C(=O)N1C. The van der Waals surface area contributed by atoms with Crippen molar-refractivity contribution in [3.8, 4) is 0 Å². The number of allylic oxidation sites excluding steroid dienone is 2. The first-order valence-electron chi connectivity index (χ1n) is 30.8. The van der Waals surface area contributed by atoms with Crippen molar-refractivity contribution < 1.29 is 57.5 Å². The Kier molecular flexibility index (Phi) is 31.4. The van der Waals surface area contributed by atoms with Gasteiger partial charge in [0, 0.05) is 55.3 Å². The molecule has 0 aliphatic carbocycles. The van der Waals surface area contributed by atoms with Crippen LogP contribution in [-0.2, 0) is 57.5 Å². The van der Waals surface area contributed by atoms with E-state index in [0.29, 0.717) is 0 Å². The highest BCUT2D eigenvalue weighted by molar-refractivity contribution is 6.10. The Morgan fingerprint density at radius 3 is 1.26 bits per heavy atom. The molecule has 23 nitrogen and oxygen atoms in total. The molecule has 0 aromatic heterocycles. The van der Waals surface area contributed by atoms with Crippen molar-refractivity contribution in [1.29, 1.82) is 0 Å². The molecule has 11 amide bonds. The predicted molar refractivity (Wildman–Crippen MR) is 332 cm³/mol. The normalized spacial score (nSPS) is 26.4. The third-order valence-corrected chi connectivity index (χ3v) is 16.1. The van der Waals surface area contributed by atoms with Crippen molar-refractivity contribution in [2.45, 2.75) is 217 Å². The van der Waals surface area contributed by atoms with Crippen LogP contribution in [0.3, 0.4) is 0 Å². The maximum absolute atomic E-state index is 15.2. The van der Waals surface area contributed by atoms with E-state index in [9.17, 15) is 47.9 Å². The number of carbonyl (C=O) groups is 12. The van der Waals surface area contributed by atoms with Crippen molar-refractivity contribution in [3.05, 3.63) is 12.2 Å². The molecule has 0 aromatic carbocycles. The molecule has 0 radical (unpaired) electrons. The summed E-state index contributed by atoms with van der Waals surface area (Å²) < 4.78 is 0. The van der Waals surface area contributed by atoms with Gasteiger partial charge in [0.1, 0.15) is 54.4 Å². The van der Waals surface area contributed by atoms with Crippen molar-refractivity contribution in [2.24, 2.45) is 47.3 Å². The van der Waals surface area contributed by atoms with Gasteiger partial charge in [0.25, 0.3) is 5.91 Å². The van der Waals surface area contributed by atoms with E-state index in [1.54, 1.807) is 67.5 Å². The Labute approximate surface area is 514 Å². The van der Waals surface area contributed by atoms with Gasteiger partial charge in [0.15, 0.2) is 11.8 Å². The number of likely N-dealkylation sites (N-methyl/N-ethyl adjacent to an activating group) is 7. The van der Waals surface area contributed by atoms with Gasteiger partial charge in [-0.3, -0.25) is 57.5 Å². The Morgan fingerprint density at radius 2 is 0.814 bits per heavy atom. The molecule has 11 unspecified atom stereocenters. The number of Topliss-reactive ketones (excluding diaryl/α,β-unsaturated/α-hetero) is 1. The zero-order valence-corrected chi connectivity index (χ0v) is 56.8. The van der Waals surface area contributed by atoms with Crippen molar-refractivity contribution in [2.75, 3.05) is 55.9 Å². The summed E-state index contributed by atoms with van der Waals surface area (Å²) in [6, 6.07) is -12.7. The summed E-state index contributed by atoms with van der Waals surface area (Å²) in [5.41, 5.74) is 0. The quantitative estimate of drug-likeness (QED) is 0.135. The van der Waals surface area contributed by atoms with Crippen LogP contribution in [0.4, 0.5) is 0 Å². The molecule has 1 aliphatic heterocycles. The molecule has 11 atom stereocenters. The van der Waals surface area contributed by atoms with Gasteiger partial charge in [0.05, 0.1) is 6.54 Å². The van der Waals surface area contributed by atoms with Crippen molar-refractivity contribution in [3.63, 3.8) is 0 Å². The van der Waals surface area contributed by atoms with Gasteiger partial charge in [0.2, 0.25) is 59.1 Å². The molecule has 4 N–H and O–H groups in total. The van der Waals surface area contributed by atoms with Crippen LogP contribution in [-0.4, -0.2) is 221 Å². The number of ketones is 1. The average Bonchev–Trinajstić information content (AvgIpc) is 2.16. The van der Waals surface area contributed by atoms with Crippen LogP contribution in [0.25, 0.3) is 0 Å². The minimum absolute atomic E-state index is 0.128. The third-order valence-electron chi connectivity index (χ3n) is 16.1. The molecule has 1 aliphatic rings. The molecule has 1 fully saturated rings. The molecule has 86 heavy (non-hydrogen) atoms. The van der Waals surface area contributed by atoms with Gasteiger partial charge in [-0.25, -0.2) is 0 Å². The fourth-order valence-electron chi connectivity index (χ4n) is 10.7. The smallest absolute Gasteiger partial charge is 0.251 e. The number of hydrogen-bond acceptors (Lipinski definition) is 12. The standard InChI is InChI=1S/C63H111N11O12/c1-26-27-28-41(16)53(76)52-57(80)67-49(38(10)11)61(84)68(19)33-48(75)69(20)44(29-34(2)3)56(79)66-50(39(12)13)62(85)70(21)45(30-35(4)5)55(78)64-42(17)54(77)65-43(18)58(81)71(22)46(31-36(6)7)59(82)72(23)47(32-37(8)9)60(83)73(24)51(40(14)15)63(86)74(52)25/h26-27,34-47,49-52H,28-33H2,1-25H3,(H,64,78)(H,65,77)(H,66,79)(H,67,80)/b27-26+. The maximum Gasteiger partial charge on any atom is 0.251 e. The Morgan fingerprint density at radius 1 is 0.430 bits per heavy atom. The van der Waals surface area contributed by atoms with Crippen molar-refractivity contribution >= 4 is 70.8 Å². The summed E-state index contributed by atoms with van der Waals surface area (Å²) in [5, 5.41) is 11.0. The largest absolute Gasteiger partial charge is 0.343 e. The lowest BCUT2D eigenvalue weighted by molar-refractivity contribution is -0.157. The number of hydrogen-bond donors (Lipinski definition) is 4. The van der Waals surface area contributed by atoms with E-state index < -0.39 is 161 Å². The molecule has 1 heterocycles. The highest BCUT2D eigenvalue weighted by atomic mass is 16.2. The molecule has 0 bridgehead atoms. The van der Waals surface area contributed by atoms with E-state index in [1.165, 1.54) is 87.7 Å². The van der Waals surface area contributed by atoms with Crippen LogP contribution >= 0.6 is 0 Å². The third kappa shape index (κ3) is 21.5. The maximum atomic E-state index is 15.2. The summed E-state index contributed by atoms with van der Waals surface area (Å²) in [5.74, 6) is -11.6. The summed E-state index contributed by atoms with van der Waals surface area (Å²) in [6.45, 7) is 30.8. The second-order valence-electron chi connectivity index (χ2n) is 26.6. The highest BCUT2D eigenvalue weighted by Crippen LogP contribution is 2.25. The van der Waals surface area contributed by atoms with Crippen molar-refractivity contribution in [1.82, 2.24) is 55.6 Å². The van der Waals surface area contributed by atoms with Crippen LogP contribution in [0.5, 0.6) is 0 Å². The molecule has 0 spiro atoms.